The van der Waals surface area contributed by atoms with Crippen molar-refractivity contribution in [1.82, 2.24) is 10.3 Å². The first-order valence-corrected chi connectivity index (χ1v) is 6.52. The number of nitrogens with one attached hydrogen (secondary N) is 2. The molecule has 1 heterocycles. The zero-order valence-electron chi connectivity index (χ0n) is 10.4. The molecule has 2 amide bonds. The lowest BCUT2D eigenvalue weighted by Gasteiger charge is -2.07. The Morgan fingerprint density at radius 3 is 2.76 bits per heavy atom. The summed E-state index contributed by atoms with van der Waals surface area (Å²) in [5.74, 6) is -3.39. The van der Waals surface area contributed by atoms with Gasteiger partial charge >= 0.3 is 12.0 Å². The van der Waals surface area contributed by atoms with Crippen LogP contribution in [0.4, 0.5) is 19.3 Å². The normalized spacial score (nSPS) is 10.2. The molecule has 2 aromatic rings. The molecular formula is C12H9F2N3O3S. The highest BCUT2D eigenvalue weighted by molar-refractivity contribution is 7.09. The molecule has 2 rings (SSSR count). The fourth-order valence-electron chi connectivity index (χ4n) is 1.41. The fourth-order valence-corrected chi connectivity index (χ4v) is 2.12. The molecule has 1 aromatic heterocycles. The number of benzene rings is 1. The highest BCUT2D eigenvalue weighted by atomic mass is 32.1. The molecule has 0 fully saturated rings. The predicted octanol–water partition coefficient (Wildman–Crippen LogP) is 2.44. The summed E-state index contributed by atoms with van der Waals surface area (Å²) in [6.45, 7) is -0.0271. The lowest BCUT2D eigenvalue weighted by atomic mass is 10.3. The number of aromatic nitrogens is 1. The number of thiazole rings is 1. The van der Waals surface area contributed by atoms with Crippen LogP contribution in [0.1, 0.15) is 15.5 Å². The Morgan fingerprint density at radius 1 is 1.33 bits per heavy atom. The third kappa shape index (κ3) is 3.72. The van der Waals surface area contributed by atoms with Crippen LogP contribution >= 0.6 is 11.3 Å². The monoisotopic (exact) mass is 313 g/mol. The van der Waals surface area contributed by atoms with E-state index in [2.05, 4.69) is 15.6 Å². The summed E-state index contributed by atoms with van der Waals surface area (Å²) in [6, 6.07) is 2.64. The van der Waals surface area contributed by atoms with Crippen LogP contribution in [-0.2, 0) is 6.54 Å². The van der Waals surface area contributed by atoms with Crippen LogP contribution in [0.3, 0.4) is 0 Å². The molecule has 0 bridgehead atoms. The smallest absolute Gasteiger partial charge is 0.355 e. The first-order chi connectivity index (χ1) is 9.97. The number of carboxylic acids is 1. The highest BCUT2D eigenvalue weighted by Crippen LogP contribution is 2.16. The first kappa shape index (κ1) is 14.9. The number of hydrogen-bond donors (Lipinski definition) is 3. The van der Waals surface area contributed by atoms with E-state index >= 15 is 0 Å². The number of amides is 2. The minimum Gasteiger partial charge on any atom is -0.476 e. The van der Waals surface area contributed by atoms with Crippen LogP contribution in [-0.4, -0.2) is 22.1 Å². The summed E-state index contributed by atoms with van der Waals surface area (Å²) in [6.07, 6.45) is 0. The van der Waals surface area contributed by atoms with E-state index in [1.54, 1.807) is 0 Å². The van der Waals surface area contributed by atoms with Crippen LogP contribution in [0.25, 0.3) is 0 Å². The van der Waals surface area contributed by atoms with Crippen LogP contribution in [0.2, 0.25) is 0 Å². The third-order valence-electron chi connectivity index (χ3n) is 2.37. The summed E-state index contributed by atoms with van der Waals surface area (Å²) in [7, 11) is 0. The van der Waals surface area contributed by atoms with Gasteiger partial charge in [-0.05, 0) is 12.1 Å². The zero-order valence-corrected chi connectivity index (χ0v) is 11.2. The molecule has 1 aromatic carbocycles. The van der Waals surface area contributed by atoms with E-state index in [-0.39, 0.29) is 17.9 Å². The number of nitrogens with zero attached hydrogens (tertiary/aromatic N) is 1. The van der Waals surface area contributed by atoms with Crippen molar-refractivity contribution in [1.29, 1.82) is 0 Å². The number of rotatable bonds is 4. The molecule has 0 aliphatic heterocycles. The van der Waals surface area contributed by atoms with E-state index in [4.69, 9.17) is 5.11 Å². The molecule has 0 saturated heterocycles. The Hall–Kier alpha value is -2.55. The summed E-state index contributed by atoms with van der Waals surface area (Å²) in [4.78, 5) is 25.9. The van der Waals surface area contributed by atoms with Gasteiger partial charge in [0.1, 0.15) is 5.01 Å². The molecule has 3 N–H and O–H groups in total. The summed E-state index contributed by atoms with van der Waals surface area (Å²) in [5, 5.41) is 14.9. The van der Waals surface area contributed by atoms with Gasteiger partial charge in [-0.2, -0.15) is 0 Å². The van der Waals surface area contributed by atoms with Gasteiger partial charge in [0.25, 0.3) is 0 Å². The molecule has 110 valence electrons. The Kier molecular flexibility index (Phi) is 4.43. The average molecular weight is 313 g/mol. The van der Waals surface area contributed by atoms with Gasteiger partial charge in [0, 0.05) is 5.38 Å². The SMILES string of the molecule is O=C(NCc1nc(C(=O)O)cs1)Nc1cccc(F)c1F. The second kappa shape index (κ2) is 6.27. The number of halogens is 2. The Morgan fingerprint density at radius 2 is 2.10 bits per heavy atom. The fraction of sp³-hybridized carbons (Fsp3) is 0.0833. The minimum atomic E-state index is -1.16. The lowest BCUT2D eigenvalue weighted by molar-refractivity contribution is 0.0691. The van der Waals surface area contributed by atoms with Gasteiger partial charge in [-0.25, -0.2) is 23.4 Å². The molecule has 0 aliphatic carbocycles. The van der Waals surface area contributed by atoms with E-state index in [9.17, 15) is 18.4 Å². The van der Waals surface area contributed by atoms with Crippen molar-refractivity contribution < 1.29 is 23.5 Å². The van der Waals surface area contributed by atoms with Gasteiger partial charge < -0.3 is 15.7 Å². The van der Waals surface area contributed by atoms with E-state index in [1.165, 1.54) is 17.5 Å². The predicted molar refractivity (Wildman–Crippen MR) is 71.3 cm³/mol. The minimum absolute atomic E-state index is 0.0271. The molecule has 21 heavy (non-hydrogen) atoms. The van der Waals surface area contributed by atoms with Crippen molar-refractivity contribution in [3.63, 3.8) is 0 Å². The van der Waals surface area contributed by atoms with E-state index < -0.39 is 23.6 Å². The van der Waals surface area contributed by atoms with Crippen LogP contribution in [0.5, 0.6) is 0 Å². The molecule has 9 heteroatoms. The summed E-state index contributed by atoms with van der Waals surface area (Å²) in [5.41, 5.74) is -0.411. The average Bonchev–Trinajstić information content (AvgIpc) is 2.91. The van der Waals surface area contributed by atoms with Crippen molar-refractivity contribution >= 4 is 29.0 Å². The highest BCUT2D eigenvalue weighted by Gasteiger charge is 2.12. The zero-order chi connectivity index (χ0) is 15.4. The molecule has 0 radical (unpaired) electrons. The van der Waals surface area contributed by atoms with Crippen molar-refractivity contribution in [2.75, 3.05) is 5.32 Å². The van der Waals surface area contributed by atoms with Gasteiger partial charge in [-0.1, -0.05) is 6.07 Å². The van der Waals surface area contributed by atoms with E-state index in [1.807, 2.05) is 0 Å². The van der Waals surface area contributed by atoms with Gasteiger partial charge in [-0.3, -0.25) is 0 Å². The number of carbonyl (C=O) groups is 2. The molecule has 0 atom stereocenters. The standard InChI is InChI=1S/C12H9F2N3O3S/c13-6-2-1-3-7(10(6)14)17-12(20)15-4-9-16-8(5-21-9)11(18)19/h1-3,5H,4H2,(H,18,19)(H2,15,17,20). The molecular weight excluding hydrogens is 304 g/mol. The Bertz CT molecular complexity index is 690. The summed E-state index contributed by atoms with van der Waals surface area (Å²) < 4.78 is 26.3. The topological polar surface area (TPSA) is 91.3 Å². The van der Waals surface area contributed by atoms with Crippen LogP contribution in [0, 0.1) is 11.6 Å². The number of urea groups is 1. The van der Waals surface area contributed by atoms with Crippen molar-refractivity contribution in [2.24, 2.45) is 0 Å². The molecule has 0 saturated carbocycles. The number of carboxylic acid groups (broad SMARTS) is 1. The lowest BCUT2D eigenvalue weighted by Crippen LogP contribution is -2.28. The maximum absolute atomic E-state index is 13.3. The van der Waals surface area contributed by atoms with Crippen molar-refractivity contribution in [3.05, 3.63) is 45.9 Å². The summed E-state index contributed by atoms with van der Waals surface area (Å²) >= 11 is 1.06. The second-order valence-electron chi connectivity index (χ2n) is 3.84. The van der Waals surface area contributed by atoms with Crippen LogP contribution < -0.4 is 10.6 Å². The van der Waals surface area contributed by atoms with Gasteiger partial charge in [-0.15, -0.1) is 11.3 Å². The molecule has 0 spiro atoms. The van der Waals surface area contributed by atoms with E-state index in [0.717, 1.165) is 17.4 Å². The molecule has 6 nitrogen and oxygen atoms in total. The van der Waals surface area contributed by atoms with Gasteiger partial charge in [0.2, 0.25) is 0 Å². The quantitative estimate of drug-likeness (QED) is 0.808. The third-order valence-corrected chi connectivity index (χ3v) is 3.22. The molecule has 0 aliphatic rings. The molecule has 0 unspecified atom stereocenters. The number of hydrogen-bond acceptors (Lipinski definition) is 4. The Balaban J connectivity index is 1.92. The largest absolute Gasteiger partial charge is 0.476 e. The van der Waals surface area contributed by atoms with E-state index in [0.29, 0.717) is 5.01 Å². The number of anilines is 1. The number of aromatic carboxylic acids is 1. The van der Waals surface area contributed by atoms with Gasteiger partial charge in [0.15, 0.2) is 17.3 Å². The van der Waals surface area contributed by atoms with Crippen molar-refractivity contribution in [2.45, 2.75) is 6.54 Å². The van der Waals surface area contributed by atoms with Crippen molar-refractivity contribution in [3.8, 4) is 0 Å². The number of carbonyl (C=O) groups excluding carboxylic acids is 1. The first-order valence-electron chi connectivity index (χ1n) is 5.64. The maximum atomic E-state index is 13.3. The second-order valence-corrected chi connectivity index (χ2v) is 4.78. The maximum Gasteiger partial charge on any atom is 0.355 e. The van der Waals surface area contributed by atoms with Gasteiger partial charge in [0.05, 0.1) is 12.2 Å². The van der Waals surface area contributed by atoms with Crippen LogP contribution in [0.15, 0.2) is 23.6 Å². The Labute approximate surface area is 121 Å².